The van der Waals surface area contributed by atoms with E-state index < -0.39 is 32.7 Å². The van der Waals surface area contributed by atoms with Crippen molar-refractivity contribution < 1.29 is 31.8 Å². The molecule has 1 saturated carbocycles. The van der Waals surface area contributed by atoms with Crippen LogP contribution in [-0.2, 0) is 19.4 Å². The monoisotopic (exact) mass is 446 g/mol. The summed E-state index contributed by atoms with van der Waals surface area (Å²) in [5.41, 5.74) is 0. The van der Waals surface area contributed by atoms with E-state index in [-0.39, 0.29) is 17.6 Å². The number of carboxylic acid groups (broad SMARTS) is 1. The lowest BCUT2D eigenvalue weighted by atomic mass is 9.97. The molecule has 3 rings (SSSR count). The van der Waals surface area contributed by atoms with E-state index in [1.165, 1.54) is 12.1 Å². The number of carboxylic acids is 1. The van der Waals surface area contributed by atoms with Crippen LogP contribution in [-0.4, -0.2) is 37.5 Å². The van der Waals surface area contributed by atoms with Crippen LogP contribution in [0.4, 0.5) is 8.78 Å². The Bertz CT molecular complexity index is 872. The summed E-state index contributed by atoms with van der Waals surface area (Å²) in [5.74, 6) is -1.83. The molecule has 0 radical (unpaired) electrons. The molecule has 2 aromatic carbocycles. The third-order valence-electron chi connectivity index (χ3n) is 4.45. The zero-order valence-corrected chi connectivity index (χ0v) is 17.0. The Morgan fingerprint density at radius 2 is 1.45 bits per heavy atom. The second-order valence-electron chi connectivity index (χ2n) is 6.54. The molecule has 29 heavy (non-hydrogen) atoms. The Kier molecular flexibility index (Phi) is 8.55. The van der Waals surface area contributed by atoms with Gasteiger partial charge in [-0.2, -0.15) is 0 Å². The topological polar surface area (TPSA) is 80.7 Å². The molecule has 0 saturated heterocycles. The highest BCUT2D eigenvalue weighted by Gasteiger charge is 2.32. The maximum Gasteiger partial charge on any atom is 0.329 e. The fraction of sp³-hybridized carbons (Fsp3) is 0.350. The van der Waals surface area contributed by atoms with E-state index in [0.29, 0.717) is 30.7 Å². The predicted molar refractivity (Wildman–Crippen MR) is 105 cm³/mol. The average molecular weight is 447 g/mol. The van der Waals surface area contributed by atoms with Crippen molar-refractivity contribution in [3.8, 4) is 0 Å². The molecule has 0 unspecified atom stereocenters. The zero-order valence-electron chi connectivity index (χ0n) is 15.4. The molecule has 158 valence electrons. The van der Waals surface area contributed by atoms with Crippen LogP contribution in [0, 0.1) is 11.6 Å². The molecule has 5 nitrogen and oxygen atoms in total. The van der Waals surface area contributed by atoms with Crippen molar-refractivity contribution in [1.29, 1.82) is 0 Å². The van der Waals surface area contributed by atoms with Crippen LogP contribution in [0.5, 0.6) is 0 Å². The highest BCUT2D eigenvalue weighted by molar-refractivity contribution is 7.92. The number of hydrogen-bond donors (Lipinski definition) is 1. The Morgan fingerprint density at radius 1 is 0.966 bits per heavy atom. The molecule has 0 spiro atoms. The van der Waals surface area contributed by atoms with Gasteiger partial charge in [0.1, 0.15) is 18.2 Å². The van der Waals surface area contributed by atoms with Gasteiger partial charge in [-0.05, 0) is 74.2 Å². The van der Waals surface area contributed by atoms with Gasteiger partial charge in [-0.3, -0.25) is 0 Å². The summed E-state index contributed by atoms with van der Waals surface area (Å²) in [5, 5.41) is 8.62. The molecule has 0 amide bonds. The number of sulfone groups is 1. The molecule has 0 bridgehead atoms. The van der Waals surface area contributed by atoms with Crippen molar-refractivity contribution in [2.24, 2.45) is 0 Å². The number of ether oxygens (including phenoxy) is 1. The van der Waals surface area contributed by atoms with Crippen molar-refractivity contribution in [3.05, 3.63) is 65.2 Å². The Balaban J connectivity index is 0.000000313. The molecule has 0 aliphatic heterocycles. The van der Waals surface area contributed by atoms with Crippen molar-refractivity contribution in [3.63, 3.8) is 0 Å². The van der Waals surface area contributed by atoms with Gasteiger partial charge in [-0.1, -0.05) is 11.6 Å². The smallest absolute Gasteiger partial charge is 0.329 e. The summed E-state index contributed by atoms with van der Waals surface area (Å²) in [4.78, 5) is 10.7. The van der Waals surface area contributed by atoms with E-state index in [1.54, 1.807) is 12.1 Å². The number of carbonyl (C=O) groups is 1. The third-order valence-corrected chi connectivity index (χ3v) is 6.98. The van der Waals surface area contributed by atoms with Crippen molar-refractivity contribution >= 4 is 27.4 Å². The van der Waals surface area contributed by atoms with Crippen LogP contribution in [0.15, 0.2) is 53.4 Å². The van der Waals surface area contributed by atoms with E-state index in [1.807, 2.05) is 0 Å². The van der Waals surface area contributed by atoms with Gasteiger partial charge in [0.15, 0.2) is 9.84 Å². The Hall–Kier alpha value is -2.03. The lowest BCUT2D eigenvalue weighted by molar-refractivity contribution is -0.144. The highest BCUT2D eigenvalue weighted by atomic mass is 35.5. The maximum absolute atomic E-state index is 12.5. The third kappa shape index (κ3) is 7.38. The van der Waals surface area contributed by atoms with Crippen LogP contribution >= 0.6 is 11.6 Å². The van der Waals surface area contributed by atoms with Gasteiger partial charge < -0.3 is 9.84 Å². The van der Waals surface area contributed by atoms with Gasteiger partial charge in [0.05, 0.1) is 16.2 Å². The molecule has 0 aromatic heterocycles. The number of hydrogen-bond acceptors (Lipinski definition) is 4. The summed E-state index contributed by atoms with van der Waals surface area (Å²) in [6.07, 6.45) is 1.91. The van der Waals surface area contributed by atoms with Gasteiger partial charge in [-0.15, -0.1) is 0 Å². The minimum Gasteiger partial charge on any atom is -0.480 e. The quantitative estimate of drug-likeness (QED) is 0.731. The van der Waals surface area contributed by atoms with Gasteiger partial charge >= 0.3 is 5.97 Å². The predicted octanol–water partition coefficient (Wildman–Crippen LogP) is 4.49. The molecule has 0 heterocycles. The number of aliphatic carboxylic acids is 1. The van der Waals surface area contributed by atoms with Crippen LogP contribution in [0.25, 0.3) is 0 Å². The standard InChI is InChI=1S/C14H17ClO5S.C6H4F2/c15-10-1-5-12(6-2-10)21(18,19)13-7-3-11(4-8-13)20-9-14(16)17;7-5-1-2-6(8)4-3-5/h1-2,5-6,11,13H,3-4,7-9H2,(H,16,17);1-4H. The summed E-state index contributed by atoms with van der Waals surface area (Å²) in [6, 6.07) is 10.5. The van der Waals surface area contributed by atoms with Gasteiger partial charge in [-0.25, -0.2) is 22.0 Å². The molecule has 1 fully saturated rings. The van der Waals surface area contributed by atoms with Gasteiger partial charge in [0.2, 0.25) is 0 Å². The van der Waals surface area contributed by atoms with Crippen LogP contribution < -0.4 is 0 Å². The lowest BCUT2D eigenvalue weighted by Crippen LogP contribution is -2.31. The fourth-order valence-electron chi connectivity index (χ4n) is 2.94. The summed E-state index contributed by atoms with van der Waals surface area (Å²) < 4.78 is 54.0. The molecular weight excluding hydrogens is 426 g/mol. The molecule has 1 N–H and O–H groups in total. The molecule has 1 aliphatic rings. The first-order valence-corrected chi connectivity index (χ1v) is 10.8. The van der Waals surface area contributed by atoms with Crippen molar-refractivity contribution in [2.45, 2.75) is 41.9 Å². The van der Waals surface area contributed by atoms with E-state index in [2.05, 4.69) is 0 Å². The summed E-state index contributed by atoms with van der Waals surface area (Å²) >= 11 is 5.77. The Morgan fingerprint density at radius 3 is 1.90 bits per heavy atom. The zero-order chi connectivity index (χ0) is 21.4. The van der Waals surface area contributed by atoms with Gasteiger partial charge in [0.25, 0.3) is 0 Å². The lowest BCUT2D eigenvalue weighted by Gasteiger charge is -2.28. The molecule has 9 heteroatoms. The molecule has 2 aromatic rings. The van der Waals surface area contributed by atoms with E-state index in [4.69, 9.17) is 21.4 Å². The van der Waals surface area contributed by atoms with Gasteiger partial charge in [0, 0.05) is 5.02 Å². The molecule has 0 atom stereocenters. The van der Waals surface area contributed by atoms with Crippen LogP contribution in [0.3, 0.4) is 0 Å². The normalized spacial score (nSPS) is 19.1. The number of benzene rings is 2. The number of halogens is 3. The maximum atomic E-state index is 12.5. The van der Waals surface area contributed by atoms with E-state index >= 15 is 0 Å². The van der Waals surface area contributed by atoms with E-state index in [9.17, 15) is 22.0 Å². The molecular formula is C20H21ClF2O5S. The first-order valence-electron chi connectivity index (χ1n) is 8.92. The summed E-state index contributed by atoms with van der Waals surface area (Å²) in [6.45, 7) is -0.334. The minimum absolute atomic E-state index is 0.169. The first-order chi connectivity index (χ1) is 13.7. The van der Waals surface area contributed by atoms with Crippen LogP contribution in [0.1, 0.15) is 25.7 Å². The summed E-state index contributed by atoms with van der Waals surface area (Å²) in [7, 11) is -3.36. The SMILES string of the molecule is Fc1ccc(F)cc1.O=C(O)COC1CCC(S(=O)(=O)c2ccc(Cl)cc2)CC1. The van der Waals surface area contributed by atoms with Crippen LogP contribution in [0.2, 0.25) is 5.02 Å². The molecule has 1 aliphatic carbocycles. The first kappa shape index (κ1) is 23.3. The van der Waals surface area contributed by atoms with Crippen molar-refractivity contribution in [2.75, 3.05) is 6.61 Å². The van der Waals surface area contributed by atoms with Crippen molar-refractivity contribution in [1.82, 2.24) is 0 Å². The number of rotatable bonds is 5. The second-order valence-corrected chi connectivity index (χ2v) is 9.20. The fourth-order valence-corrected chi connectivity index (χ4v) is 4.86. The Labute approximate surface area is 173 Å². The largest absolute Gasteiger partial charge is 0.480 e. The minimum atomic E-state index is -3.36. The average Bonchev–Trinajstić information content (AvgIpc) is 2.70. The second kappa shape index (κ2) is 10.7. The highest BCUT2D eigenvalue weighted by Crippen LogP contribution is 2.30. The van der Waals surface area contributed by atoms with E-state index in [0.717, 1.165) is 24.3 Å².